The number of fused-ring (bicyclic) bond motifs is 1. The highest BCUT2D eigenvalue weighted by Gasteiger charge is 2.21. The van der Waals surface area contributed by atoms with E-state index in [1.165, 1.54) is 0 Å². The van der Waals surface area contributed by atoms with Crippen molar-refractivity contribution in [3.8, 4) is 17.4 Å². The standard InChI is InChI=1S/C13H14ClN7O4/c1-2-21-6-5-7(24-4-3-16-13(22)23)17-10(14)8(6)18-12(21)9-11(15)20-25-19-9/h5,16H,2-4H2,1H3,(H2,15,20)(H,22,23). The number of pyridine rings is 1. The average molecular weight is 368 g/mol. The average Bonchev–Trinajstić information content (AvgIpc) is 3.14. The van der Waals surface area contributed by atoms with Crippen molar-refractivity contribution in [1.82, 2.24) is 30.2 Å². The second-order valence-electron chi connectivity index (χ2n) is 4.88. The number of ether oxygens (including phenoxy) is 1. The predicted molar refractivity (Wildman–Crippen MR) is 87.4 cm³/mol. The number of nitrogens with one attached hydrogen (secondary N) is 1. The fourth-order valence-electron chi connectivity index (χ4n) is 2.30. The van der Waals surface area contributed by atoms with Gasteiger partial charge in [0.05, 0.1) is 12.1 Å². The zero-order valence-corrected chi connectivity index (χ0v) is 13.8. The van der Waals surface area contributed by atoms with Gasteiger partial charge in [0.15, 0.2) is 22.5 Å². The van der Waals surface area contributed by atoms with E-state index < -0.39 is 6.09 Å². The normalized spacial score (nSPS) is 11.0. The van der Waals surface area contributed by atoms with E-state index in [0.717, 1.165) is 0 Å². The van der Waals surface area contributed by atoms with Crippen molar-refractivity contribution in [3.63, 3.8) is 0 Å². The van der Waals surface area contributed by atoms with Gasteiger partial charge in [0.1, 0.15) is 12.1 Å². The molecule has 0 saturated heterocycles. The lowest BCUT2D eigenvalue weighted by Crippen LogP contribution is -2.26. The second kappa shape index (κ2) is 6.81. The molecule has 1 amide bonds. The molecule has 0 aliphatic heterocycles. The quantitative estimate of drug-likeness (QED) is 0.432. The molecule has 0 aliphatic carbocycles. The summed E-state index contributed by atoms with van der Waals surface area (Å²) in [7, 11) is 0. The van der Waals surface area contributed by atoms with Gasteiger partial charge in [-0.15, -0.1) is 0 Å². The molecule has 0 fully saturated rings. The summed E-state index contributed by atoms with van der Waals surface area (Å²) < 4.78 is 11.9. The topological polar surface area (TPSA) is 154 Å². The van der Waals surface area contributed by atoms with Crippen LogP contribution in [0.3, 0.4) is 0 Å². The van der Waals surface area contributed by atoms with Crippen LogP contribution in [0.4, 0.5) is 10.6 Å². The van der Waals surface area contributed by atoms with Crippen LogP contribution in [0.2, 0.25) is 5.15 Å². The Hall–Kier alpha value is -3.08. The Morgan fingerprint density at radius 2 is 2.28 bits per heavy atom. The smallest absolute Gasteiger partial charge is 0.404 e. The first-order valence-electron chi connectivity index (χ1n) is 7.26. The minimum absolute atomic E-state index is 0.106. The molecule has 3 aromatic heterocycles. The fraction of sp³-hybridized carbons (Fsp3) is 0.308. The van der Waals surface area contributed by atoms with Gasteiger partial charge in [-0.3, -0.25) is 0 Å². The summed E-state index contributed by atoms with van der Waals surface area (Å²) in [5.41, 5.74) is 7.17. The Morgan fingerprint density at radius 3 is 2.92 bits per heavy atom. The summed E-state index contributed by atoms with van der Waals surface area (Å²) in [5.74, 6) is 0.812. The summed E-state index contributed by atoms with van der Waals surface area (Å²) in [6.45, 7) is 2.69. The molecule has 0 spiro atoms. The largest absolute Gasteiger partial charge is 0.476 e. The molecule has 0 saturated carbocycles. The highest BCUT2D eigenvalue weighted by Crippen LogP contribution is 2.31. The molecule has 0 unspecified atom stereocenters. The van der Waals surface area contributed by atoms with E-state index >= 15 is 0 Å². The van der Waals surface area contributed by atoms with Gasteiger partial charge >= 0.3 is 6.09 Å². The van der Waals surface area contributed by atoms with E-state index in [0.29, 0.717) is 29.1 Å². The minimum atomic E-state index is -1.13. The number of imidazole rings is 1. The zero-order valence-electron chi connectivity index (χ0n) is 13.1. The van der Waals surface area contributed by atoms with Crippen molar-refractivity contribution >= 4 is 34.5 Å². The zero-order chi connectivity index (χ0) is 18.0. The number of carboxylic acid groups (broad SMARTS) is 1. The van der Waals surface area contributed by atoms with Crippen LogP contribution >= 0.6 is 11.6 Å². The van der Waals surface area contributed by atoms with Crippen molar-refractivity contribution in [2.75, 3.05) is 18.9 Å². The van der Waals surface area contributed by atoms with Crippen LogP contribution in [-0.2, 0) is 6.54 Å². The molecule has 0 aromatic carbocycles. The first kappa shape index (κ1) is 16.8. The molecule has 4 N–H and O–H groups in total. The lowest BCUT2D eigenvalue weighted by Gasteiger charge is -2.07. The van der Waals surface area contributed by atoms with E-state index in [1.54, 1.807) is 6.07 Å². The number of aromatic nitrogens is 5. The first-order valence-corrected chi connectivity index (χ1v) is 7.63. The van der Waals surface area contributed by atoms with Gasteiger partial charge in [-0.2, -0.15) is 4.98 Å². The maximum atomic E-state index is 10.4. The van der Waals surface area contributed by atoms with E-state index in [-0.39, 0.29) is 30.0 Å². The maximum Gasteiger partial charge on any atom is 0.404 e. The lowest BCUT2D eigenvalue weighted by molar-refractivity contribution is 0.191. The van der Waals surface area contributed by atoms with E-state index in [9.17, 15) is 4.79 Å². The van der Waals surface area contributed by atoms with Crippen LogP contribution in [0.15, 0.2) is 10.7 Å². The molecule has 25 heavy (non-hydrogen) atoms. The highest BCUT2D eigenvalue weighted by molar-refractivity contribution is 6.33. The molecule has 0 bridgehead atoms. The van der Waals surface area contributed by atoms with Crippen LogP contribution in [0.5, 0.6) is 5.88 Å². The van der Waals surface area contributed by atoms with Crippen molar-refractivity contribution in [2.45, 2.75) is 13.5 Å². The maximum absolute atomic E-state index is 10.4. The van der Waals surface area contributed by atoms with Crippen molar-refractivity contribution in [3.05, 3.63) is 11.2 Å². The van der Waals surface area contributed by atoms with Crippen molar-refractivity contribution in [1.29, 1.82) is 0 Å². The van der Waals surface area contributed by atoms with Crippen LogP contribution in [0, 0.1) is 0 Å². The number of nitrogen functional groups attached to an aromatic ring is 1. The molecule has 3 aromatic rings. The van der Waals surface area contributed by atoms with E-state index in [4.69, 9.17) is 27.2 Å². The molecule has 11 nitrogen and oxygen atoms in total. The molecule has 12 heteroatoms. The molecule has 0 radical (unpaired) electrons. The van der Waals surface area contributed by atoms with Gasteiger partial charge in [-0.1, -0.05) is 11.6 Å². The van der Waals surface area contributed by atoms with Gasteiger partial charge in [0.2, 0.25) is 5.88 Å². The number of rotatable bonds is 6. The summed E-state index contributed by atoms with van der Waals surface area (Å²) in [6.07, 6.45) is -1.13. The molecular weight excluding hydrogens is 354 g/mol. The van der Waals surface area contributed by atoms with E-state index in [1.807, 2.05) is 11.5 Å². The first-order chi connectivity index (χ1) is 12.0. The summed E-state index contributed by atoms with van der Waals surface area (Å²) in [4.78, 5) is 19.0. The van der Waals surface area contributed by atoms with Crippen LogP contribution in [-0.4, -0.2) is 49.2 Å². The third-order valence-electron chi connectivity index (χ3n) is 3.34. The van der Waals surface area contributed by atoms with Gasteiger partial charge in [0.25, 0.3) is 0 Å². The number of hydrogen-bond acceptors (Lipinski definition) is 8. The van der Waals surface area contributed by atoms with Crippen LogP contribution in [0.1, 0.15) is 6.92 Å². The van der Waals surface area contributed by atoms with Gasteiger partial charge in [-0.25, -0.2) is 14.4 Å². The molecule has 132 valence electrons. The van der Waals surface area contributed by atoms with Crippen LogP contribution < -0.4 is 15.8 Å². The Bertz CT molecular complexity index is 923. The predicted octanol–water partition coefficient (Wildman–Crippen LogP) is 1.38. The van der Waals surface area contributed by atoms with Crippen molar-refractivity contribution < 1.29 is 19.3 Å². The number of nitrogens with two attached hydrogens (primary N) is 1. The second-order valence-corrected chi connectivity index (χ2v) is 5.24. The number of amides is 1. The number of hydrogen-bond donors (Lipinski definition) is 3. The monoisotopic (exact) mass is 367 g/mol. The number of halogens is 1. The SMILES string of the molecule is CCn1c(-c2nonc2N)nc2c(Cl)nc(OCCNC(=O)O)cc21. The number of aryl methyl sites for hydroxylation is 1. The Labute approximate surface area is 145 Å². The molecule has 0 atom stereocenters. The third-order valence-corrected chi connectivity index (χ3v) is 3.60. The molecule has 3 rings (SSSR count). The minimum Gasteiger partial charge on any atom is -0.476 e. The van der Waals surface area contributed by atoms with Gasteiger partial charge in [0, 0.05) is 12.6 Å². The Kier molecular flexibility index (Phi) is 4.57. The lowest BCUT2D eigenvalue weighted by atomic mass is 10.4. The summed E-state index contributed by atoms with van der Waals surface area (Å²) >= 11 is 6.20. The highest BCUT2D eigenvalue weighted by atomic mass is 35.5. The molecule has 3 heterocycles. The molecular formula is C13H14ClN7O4. The summed E-state index contributed by atoms with van der Waals surface area (Å²) in [5, 5.41) is 18.2. The van der Waals surface area contributed by atoms with E-state index in [2.05, 4.69) is 30.2 Å². The summed E-state index contributed by atoms with van der Waals surface area (Å²) in [6, 6.07) is 1.66. The number of nitrogens with zero attached hydrogens (tertiary/aromatic N) is 5. The van der Waals surface area contributed by atoms with Crippen molar-refractivity contribution in [2.24, 2.45) is 0 Å². The fourth-order valence-corrected chi connectivity index (χ4v) is 2.52. The third kappa shape index (κ3) is 3.26. The van der Waals surface area contributed by atoms with Gasteiger partial charge in [-0.05, 0) is 17.2 Å². The van der Waals surface area contributed by atoms with Crippen LogP contribution in [0.25, 0.3) is 22.6 Å². The van der Waals surface area contributed by atoms with Gasteiger partial charge < -0.3 is 25.5 Å². The Balaban J connectivity index is 1.96. The number of carbonyl (C=O) groups is 1. The Morgan fingerprint density at radius 1 is 1.48 bits per heavy atom. The molecule has 0 aliphatic rings. The number of anilines is 1.